The number of benzene rings is 3. The van der Waals surface area contributed by atoms with Crippen molar-refractivity contribution in [2.24, 2.45) is 5.73 Å². The Labute approximate surface area is 121 Å². The lowest BCUT2D eigenvalue weighted by atomic mass is 9.93. The van der Waals surface area contributed by atoms with Crippen LogP contribution in [-0.4, -0.2) is 15.4 Å². The van der Waals surface area contributed by atoms with Gasteiger partial charge < -0.3 is 5.73 Å². The molecule has 3 N–H and O–H groups in total. The van der Waals surface area contributed by atoms with E-state index in [1.165, 1.54) is 16.3 Å². The van der Waals surface area contributed by atoms with Crippen molar-refractivity contribution in [1.82, 2.24) is 15.4 Å². The Hall–Kier alpha value is -2.72. The van der Waals surface area contributed by atoms with E-state index in [0.29, 0.717) is 6.54 Å². The van der Waals surface area contributed by atoms with Crippen LogP contribution in [0.25, 0.3) is 32.9 Å². The van der Waals surface area contributed by atoms with Gasteiger partial charge in [0.25, 0.3) is 0 Å². The van der Waals surface area contributed by atoms with Gasteiger partial charge in [0.2, 0.25) is 0 Å². The number of rotatable bonds is 2. The van der Waals surface area contributed by atoms with Crippen LogP contribution in [0.15, 0.2) is 54.6 Å². The number of fused-ring (bicyclic) bond motifs is 2. The summed E-state index contributed by atoms with van der Waals surface area (Å²) in [5, 5.41) is 13.2. The van der Waals surface area contributed by atoms with Crippen molar-refractivity contribution in [3.05, 3.63) is 60.2 Å². The first-order valence-electron chi connectivity index (χ1n) is 6.89. The molecule has 4 nitrogen and oxygen atoms in total. The molecule has 0 aliphatic carbocycles. The molecular formula is C17H14N4. The van der Waals surface area contributed by atoms with Gasteiger partial charge in [0.05, 0.1) is 5.52 Å². The Bertz CT molecular complexity index is 940. The molecule has 0 atom stereocenters. The molecule has 0 unspecified atom stereocenters. The van der Waals surface area contributed by atoms with Gasteiger partial charge in [-0.05, 0) is 39.6 Å². The number of aromatic amines is 1. The zero-order valence-corrected chi connectivity index (χ0v) is 11.4. The Morgan fingerprint density at radius 2 is 1.90 bits per heavy atom. The van der Waals surface area contributed by atoms with Crippen molar-refractivity contribution in [2.75, 3.05) is 0 Å². The second kappa shape index (κ2) is 4.68. The second-order valence-electron chi connectivity index (χ2n) is 5.07. The molecule has 3 aromatic carbocycles. The van der Waals surface area contributed by atoms with Gasteiger partial charge in [0, 0.05) is 6.54 Å². The maximum atomic E-state index is 5.94. The lowest BCUT2D eigenvalue weighted by Gasteiger charge is -2.12. The van der Waals surface area contributed by atoms with Crippen LogP contribution in [-0.2, 0) is 6.54 Å². The number of nitrogens with one attached hydrogen (secondary N) is 1. The van der Waals surface area contributed by atoms with Crippen LogP contribution in [0, 0.1) is 0 Å². The van der Waals surface area contributed by atoms with E-state index >= 15 is 0 Å². The van der Waals surface area contributed by atoms with Crippen LogP contribution in [0.5, 0.6) is 0 Å². The van der Waals surface area contributed by atoms with E-state index in [2.05, 4.69) is 63.9 Å². The van der Waals surface area contributed by atoms with E-state index in [4.69, 9.17) is 5.73 Å². The summed E-state index contributed by atoms with van der Waals surface area (Å²) in [4.78, 5) is 0. The summed E-state index contributed by atoms with van der Waals surface area (Å²) in [6.07, 6.45) is 0. The minimum Gasteiger partial charge on any atom is -0.326 e. The average Bonchev–Trinajstić information content (AvgIpc) is 3.01. The molecule has 102 valence electrons. The first-order chi connectivity index (χ1) is 10.4. The minimum absolute atomic E-state index is 0.511. The molecule has 1 heterocycles. The van der Waals surface area contributed by atoms with Gasteiger partial charge in [-0.3, -0.25) is 5.10 Å². The molecule has 4 heteroatoms. The zero-order valence-electron chi connectivity index (χ0n) is 11.4. The van der Waals surface area contributed by atoms with Gasteiger partial charge in [0.15, 0.2) is 0 Å². The standard InChI is InChI=1S/C17H14N4/c18-10-13-6-5-11-3-1-2-4-14(11)17(13)12-7-8-15-16(9-12)20-21-19-15/h1-9H,10,18H2,(H,19,20,21). The third-order valence-corrected chi connectivity index (χ3v) is 3.85. The number of hydrogen-bond donors (Lipinski definition) is 2. The van der Waals surface area contributed by atoms with Crippen molar-refractivity contribution >= 4 is 21.8 Å². The Morgan fingerprint density at radius 3 is 2.81 bits per heavy atom. The smallest absolute Gasteiger partial charge is 0.113 e. The highest BCUT2D eigenvalue weighted by molar-refractivity contribution is 5.99. The first kappa shape index (κ1) is 12.1. The van der Waals surface area contributed by atoms with Crippen molar-refractivity contribution in [3.8, 4) is 11.1 Å². The third-order valence-electron chi connectivity index (χ3n) is 3.85. The zero-order chi connectivity index (χ0) is 14.2. The fourth-order valence-corrected chi connectivity index (χ4v) is 2.82. The predicted molar refractivity (Wildman–Crippen MR) is 84.7 cm³/mol. The van der Waals surface area contributed by atoms with E-state index in [9.17, 15) is 0 Å². The van der Waals surface area contributed by atoms with Crippen molar-refractivity contribution in [2.45, 2.75) is 6.54 Å². The van der Waals surface area contributed by atoms with E-state index in [1.54, 1.807) is 0 Å². The molecule has 0 fully saturated rings. The second-order valence-corrected chi connectivity index (χ2v) is 5.07. The maximum Gasteiger partial charge on any atom is 0.113 e. The fourth-order valence-electron chi connectivity index (χ4n) is 2.82. The highest BCUT2D eigenvalue weighted by atomic mass is 15.3. The van der Waals surface area contributed by atoms with Crippen LogP contribution in [0.2, 0.25) is 0 Å². The van der Waals surface area contributed by atoms with E-state index in [-0.39, 0.29) is 0 Å². The largest absolute Gasteiger partial charge is 0.326 e. The number of hydrogen-bond acceptors (Lipinski definition) is 3. The molecule has 0 radical (unpaired) electrons. The molecule has 0 bridgehead atoms. The Balaban J connectivity index is 2.07. The molecule has 0 saturated carbocycles. The normalized spacial score (nSPS) is 11.3. The summed E-state index contributed by atoms with van der Waals surface area (Å²) in [6.45, 7) is 0.511. The lowest BCUT2D eigenvalue weighted by Crippen LogP contribution is -1.99. The van der Waals surface area contributed by atoms with E-state index in [1.807, 2.05) is 6.07 Å². The van der Waals surface area contributed by atoms with Crippen molar-refractivity contribution in [1.29, 1.82) is 0 Å². The molecular weight excluding hydrogens is 260 g/mol. The molecule has 4 rings (SSSR count). The first-order valence-corrected chi connectivity index (χ1v) is 6.89. The van der Waals surface area contributed by atoms with Gasteiger partial charge in [-0.2, -0.15) is 0 Å². The van der Waals surface area contributed by atoms with Crippen LogP contribution in [0.1, 0.15) is 5.56 Å². The summed E-state index contributed by atoms with van der Waals surface area (Å²) in [5.74, 6) is 0. The van der Waals surface area contributed by atoms with E-state index < -0.39 is 0 Å². The van der Waals surface area contributed by atoms with Crippen LogP contribution < -0.4 is 5.73 Å². The number of aromatic nitrogens is 3. The monoisotopic (exact) mass is 274 g/mol. The molecule has 0 saturated heterocycles. The maximum absolute atomic E-state index is 5.94. The predicted octanol–water partition coefficient (Wildman–Crippen LogP) is 3.24. The van der Waals surface area contributed by atoms with Crippen LogP contribution >= 0.6 is 0 Å². The summed E-state index contributed by atoms with van der Waals surface area (Å²) in [5.41, 5.74) is 11.2. The summed E-state index contributed by atoms with van der Waals surface area (Å²) in [6, 6.07) is 18.7. The molecule has 0 amide bonds. The number of nitrogens with zero attached hydrogens (tertiary/aromatic N) is 2. The summed E-state index contributed by atoms with van der Waals surface area (Å²) >= 11 is 0. The SMILES string of the molecule is NCc1ccc2ccccc2c1-c1ccc2[nH]nnc2c1. The molecule has 4 aromatic rings. The van der Waals surface area contributed by atoms with Gasteiger partial charge >= 0.3 is 0 Å². The molecule has 0 aliphatic rings. The van der Waals surface area contributed by atoms with E-state index in [0.717, 1.165) is 22.2 Å². The quantitative estimate of drug-likeness (QED) is 0.589. The molecule has 1 aromatic heterocycles. The molecule has 21 heavy (non-hydrogen) atoms. The highest BCUT2D eigenvalue weighted by Crippen LogP contribution is 2.33. The van der Waals surface area contributed by atoms with Crippen molar-refractivity contribution < 1.29 is 0 Å². The number of H-pyrrole nitrogens is 1. The lowest BCUT2D eigenvalue weighted by molar-refractivity contribution is 0.959. The average molecular weight is 274 g/mol. The van der Waals surface area contributed by atoms with Gasteiger partial charge in [-0.15, -0.1) is 5.10 Å². The highest BCUT2D eigenvalue weighted by Gasteiger charge is 2.10. The third kappa shape index (κ3) is 1.88. The molecule has 0 aliphatic heterocycles. The van der Waals surface area contributed by atoms with Crippen molar-refractivity contribution in [3.63, 3.8) is 0 Å². The fraction of sp³-hybridized carbons (Fsp3) is 0.0588. The topological polar surface area (TPSA) is 67.6 Å². The summed E-state index contributed by atoms with van der Waals surface area (Å²) < 4.78 is 0. The summed E-state index contributed by atoms with van der Waals surface area (Å²) in [7, 11) is 0. The van der Waals surface area contributed by atoms with Gasteiger partial charge in [-0.1, -0.05) is 47.7 Å². The van der Waals surface area contributed by atoms with Gasteiger partial charge in [0.1, 0.15) is 5.52 Å². The van der Waals surface area contributed by atoms with Gasteiger partial charge in [-0.25, -0.2) is 0 Å². The van der Waals surface area contributed by atoms with Crippen LogP contribution in [0.3, 0.4) is 0 Å². The van der Waals surface area contributed by atoms with Crippen LogP contribution in [0.4, 0.5) is 0 Å². The Morgan fingerprint density at radius 1 is 1.00 bits per heavy atom. The minimum atomic E-state index is 0.511. The molecule has 0 spiro atoms. The Kier molecular flexibility index (Phi) is 2.69. The number of nitrogens with two attached hydrogens (primary N) is 1.